The second kappa shape index (κ2) is 5.71. The molecule has 0 aromatic heterocycles. The smallest absolute Gasteiger partial charge is 0.254 e. The Hall–Kier alpha value is -1.51. The van der Waals surface area contributed by atoms with Gasteiger partial charge in [0, 0.05) is 23.8 Å². The van der Waals surface area contributed by atoms with Gasteiger partial charge in [-0.2, -0.15) is 0 Å². The largest absolute Gasteiger partial charge is 0.399 e. The van der Waals surface area contributed by atoms with Gasteiger partial charge in [0.2, 0.25) is 0 Å². The van der Waals surface area contributed by atoms with Crippen LogP contribution in [0.25, 0.3) is 0 Å². The summed E-state index contributed by atoms with van der Waals surface area (Å²) in [5.74, 6) is 0.0966. The van der Waals surface area contributed by atoms with Gasteiger partial charge in [-0.15, -0.1) is 0 Å². The van der Waals surface area contributed by atoms with Crippen molar-refractivity contribution in [3.8, 4) is 0 Å². The van der Waals surface area contributed by atoms with Crippen molar-refractivity contribution in [3.05, 3.63) is 29.3 Å². The van der Waals surface area contributed by atoms with Gasteiger partial charge in [-0.3, -0.25) is 4.79 Å². The van der Waals surface area contributed by atoms with Crippen LogP contribution in [0.4, 0.5) is 5.69 Å². The normalized spacial score (nSPS) is 10.6. The summed E-state index contributed by atoms with van der Waals surface area (Å²) in [6.45, 7) is 8.88. The van der Waals surface area contributed by atoms with Gasteiger partial charge in [-0.05, 0) is 51.0 Å². The lowest BCUT2D eigenvalue weighted by Crippen LogP contribution is -2.37. The molecule has 0 aliphatic heterocycles. The van der Waals surface area contributed by atoms with Gasteiger partial charge >= 0.3 is 0 Å². The fourth-order valence-corrected chi connectivity index (χ4v) is 1.92. The van der Waals surface area contributed by atoms with Crippen LogP contribution in [-0.2, 0) is 0 Å². The third kappa shape index (κ3) is 3.22. The molecule has 1 aromatic rings. The molecule has 0 saturated carbocycles. The molecule has 1 rings (SSSR count). The second-order valence-electron chi connectivity index (χ2n) is 4.67. The fourth-order valence-electron chi connectivity index (χ4n) is 1.92. The van der Waals surface area contributed by atoms with E-state index < -0.39 is 0 Å². The maximum atomic E-state index is 12.4. The van der Waals surface area contributed by atoms with E-state index in [-0.39, 0.29) is 11.9 Å². The standard InChI is InChI=1S/C14H22N2O/c1-5-8-16(10(2)3)14(17)13-7-6-12(15)9-11(13)4/h6-7,9-10H,5,8,15H2,1-4H3. The Morgan fingerprint density at radius 3 is 2.53 bits per heavy atom. The van der Waals surface area contributed by atoms with E-state index in [0.717, 1.165) is 24.1 Å². The highest BCUT2D eigenvalue weighted by Gasteiger charge is 2.19. The zero-order valence-corrected chi connectivity index (χ0v) is 11.2. The molecule has 3 nitrogen and oxygen atoms in total. The summed E-state index contributed by atoms with van der Waals surface area (Å²) in [5, 5.41) is 0. The van der Waals surface area contributed by atoms with Crippen LogP contribution in [0, 0.1) is 6.92 Å². The summed E-state index contributed by atoms with van der Waals surface area (Å²) in [7, 11) is 0. The first kappa shape index (κ1) is 13.6. The highest BCUT2D eigenvalue weighted by molar-refractivity contribution is 5.96. The topological polar surface area (TPSA) is 46.3 Å². The first-order valence-corrected chi connectivity index (χ1v) is 6.14. The van der Waals surface area contributed by atoms with Crippen LogP contribution >= 0.6 is 0 Å². The maximum Gasteiger partial charge on any atom is 0.254 e. The summed E-state index contributed by atoms with van der Waals surface area (Å²) >= 11 is 0. The van der Waals surface area contributed by atoms with E-state index in [0.29, 0.717) is 5.69 Å². The summed E-state index contributed by atoms with van der Waals surface area (Å²) in [4.78, 5) is 14.3. The maximum absolute atomic E-state index is 12.4. The Balaban J connectivity index is 3.01. The van der Waals surface area contributed by atoms with Gasteiger partial charge in [0.05, 0.1) is 0 Å². The Morgan fingerprint density at radius 2 is 2.06 bits per heavy atom. The first-order chi connectivity index (χ1) is 7.97. The zero-order chi connectivity index (χ0) is 13.0. The molecule has 0 heterocycles. The van der Waals surface area contributed by atoms with Crippen molar-refractivity contribution in [2.24, 2.45) is 0 Å². The summed E-state index contributed by atoms with van der Waals surface area (Å²) in [5.41, 5.74) is 8.09. The number of amides is 1. The van der Waals surface area contributed by atoms with Crippen molar-refractivity contribution in [2.45, 2.75) is 40.2 Å². The summed E-state index contributed by atoms with van der Waals surface area (Å²) < 4.78 is 0. The number of benzene rings is 1. The van der Waals surface area contributed by atoms with Gasteiger partial charge in [0.15, 0.2) is 0 Å². The predicted molar refractivity (Wildman–Crippen MR) is 72.1 cm³/mol. The molecule has 0 radical (unpaired) electrons. The minimum absolute atomic E-state index is 0.0966. The van der Waals surface area contributed by atoms with E-state index in [4.69, 9.17) is 5.73 Å². The molecule has 0 bridgehead atoms. The van der Waals surface area contributed by atoms with E-state index >= 15 is 0 Å². The van der Waals surface area contributed by atoms with Gasteiger partial charge in [-0.1, -0.05) is 6.92 Å². The van der Waals surface area contributed by atoms with Crippen molar-refractivity contribution < 1.29 is 4.79 Å². The molecule has 0 fully saturated rings. The third-order valence-electron chi connectivity index (χ3n) is 2.83. The van der Waals surface area contributed by atoms with Crippen LogP contribution in [0.1, 0.15) is 43.1 Å². The molecule has 2 N–H and O–H groups in total. The summed E-state index contributed by atoms with van der Waals surface area (Å²) in [6, 6.07) is 5.67. The average molecular weight is 234 g/mol. The Labute approximate surface area is 104 Å². The molecule has 1 aromatic carbocycles. The van der Waals surface area contributed by atoms with Crippen molar-refractivity contribution >= 4 is 11.6 Å². The number of nitrogens with two attached hydrogens (primary N) is 1. The van der Waals surface area contributed by atoms with E-state index in [1.807, 2.05) is 37.8 Å². The molecule has 17 heavy (non-hydrogen) atoms. The number of anilines is 1. The number of nitrogen functional groups attached to an aromatic ring is 1. The highest BCUT2D eigenvalue weighted by atomic mass is 16.2. The van der Waals surface area contributed by atoms with Crippen molar-refractivity contribution in [1.82, 2.24) is 4.90 Å². The molecule has 94 valence electrons. The molecular formula is C14H22N2O. The quantitative estimate of drug-likeness (QED) is 0.814. The lowest BCUT2D eigenvalue weighted by molar-refractivity contribution is 0.0705. The van der Waals surface area contributed by atoms with Crippen molar-refractivity contribution in [3.63, 3.8) is 0 Å². The number of aryl methyl sites for hydroxylation is 1. The van der Waals surface area contributed by atoms with Crippen LogP contribution in [0.5, 0.6) is 0 Å². The molecule has 0 saturated heterocycles. The van der Waals surface area contributed by atoms with E-state index in [2.05, 4.69) is 6.92 Å². The lowest BCUT2D eigenvalue weighted by atomic mass is 10.1. The number of hydrogen-bond acceptors (Lipinski definition) is 2. The number of hydrogen-bond donors (Lipinski definition) is 1. The van der Waals surface area contributed by atoms with E-state index in [9.17, 15) is 4.79 Å². The van der Waals surface area contributed by atoms with Crippen LogP contribution in [0.2, 0.25) is 0 Å². The minimum atomic E-state index is 0.0966. The molecule has 0 atom stereocenters. The van der Waals surface area contributed by atoms with Crippen LogP contribution in [0.3, 0.4) is 0 Å². The molecule has 1 amide bonds. The first-order valence-electron chi connectivity index (χ1n) is 6.14. The zero-order valence-electron chi connectivity index (χ0n) is 11.2. The van der Waals surface area contributed by atoms with Gasteiger partial charge in [0.1, 0.15) is 0 Å². The van der Waals surface area contributed by atoms with Gasteiger partial charge < -0.3 is 10.6 Å². The molecule has 0 aliphatic carbocycles. The predicted octanol–water partition coefficient (Wildman–Crippen LogP) is 2.84. The molecule has 0 unspecified atom stereocenters. The molecule has 3 heteroatoms. The Morgan fingerprint density at radius 1 is 1.41 bits per heavy atom. The Bertz CT molecular complexity index is 399. The summed E-state index contributed by atoms with van der Waals surface area (Å²) in [6.07, 6.45) is 0.970. The van der Waals surface area contributed by atoms with E-state index in [1.165, 1.54) is 0 Å². The van der Waals surface area contributed by atoms with Crippen molar-refractivity contribution in [1.29, 1.82) is 0 Å². The third-order valence-corrected chi connectivity index (χ3v) is 2.83. The van der Waals surface area contributed by atoms with Gasteiger partial charge in [-0.25, -0.2) is 0 Å². The number of rotatable bonds is 4. The monoisotopic (exact) mass is 234 g/mol. The van der Waals surface area contributed by atoms with Crippen LogP contribution in [0.15, 0.2) is 18.2 Å². The molecule has 0 aliphatic rings. The molecular weight excluding hydrogens is 212 g/mol. The fraction of sp³-hybridized carbons (Fsp3) is 0.500. The van der Waals surface area contributed by atoms with Crippen LogP contribution < -0.4 is 5.73 Å². The van der Waals surface area contributed by atoms with Crippen molar-refractivity contribution in [2.75, 3.05) is 12.3 Å². The van der Waals surface area contributed by atoms with Crippen LogP contribution in [-0.4, -0.2) is 23.4 Å². The highest BCUT2D eigenvalue weighted by Crippen LogP contribution is 2.16. The van der Waals surface area contributed by atoms with Gasteiger partial charge in [0.25, 0.3) is 5.91 Å². The van der Waals surface area contributed by atoms with E-state index in [1.54, 1.807) is 6.07 Å². The molecule has 0 spiro atoms. The Kier molecular flexibility index (Phi) is 4.55. The second-order valence-corrected chi connectivity index (χ2v) is 4.67. The lowest BCUT2D eigenvalue weighted by Gasteiger charge is -2.27. The average Bonchev–Trinajstić information content (AvgIpc) is 2.24. The number of carbonyl (C=O) groups excluding carboxylic acids is 1. The number of nitrogens with zero attached hydrogens (tertiary/aromatic N) is 1. The number of carbonyl (C=O) groups is 1. The minimum Gasteiger partial charge on any atom is -0.399 e. The SMILES string of the molecule is CCCN(C(=O)c1ccc(N)cc1C)C(C)C.